The van der Waals surface area contributed by atoms with Crippen molar-refractivity contribution in [3.63, 3.8) is 0 Å². The number of carbonyl (C=O) groups is 1. The number of thioether (sulfide) groups is 1. The van der Waals surface area contributed by atoms with Gasteiger partial charge in [0.25, 0.3) is 0 Å². The Labute approximate surface area is 220 Å². The maximum Gasteiger partial charge on any atom is 0.247 e. The number of amides is 1. The van der Waals surface area contributed by atoms with Crippen LogP contribution >= 0.6 is 11.8 Å². The second-order valence-corrected chi connectivity index (χ2v) is 10.5. The molecule has 9 heteroatoms. The molecule has 2 aromatic rings. The van der Waals surface area contributed by atoms with Gasteiger partial charge in [-0.3, -0.25) is 4.79 Å². The number of aryl methyl sites for hydroxylation is 1. The van der Waals surface area contributed by atoms with Crippen molar-refractivity contribution in [3.05, 3.63) is 77.7 Å². The van der Waals surface area contributed by atoms with Gasteiger partial charge >= 0.3 is 0 Å². The van der Waals surface area contributed by atoms with Gasteiger partial charge in [-0.2, -0.15) is 0 Å². The number of imidazole rings is 1. The molecule has 1 fully saturated rings. The minimum Gasteiger partial charge on any atom is -0.380 e. The summed E-state index contributed by atoms with van der Waals surface area (Å²) < 4.78 is 15.1. The van der Waals surface area contributed by atoms with Crippen molar-refractivity contribution in [2.45, 2.75) is 43.3 Å². The first-order valence-electron chi connectivity index (χ1n) is 12.5. The fourth-order valence-corrected chi connectivity index (χ4v) is 5.37. The molecule has 1 atom stereocenters. The second-order valence-electron chi connectivity index (χ2n) is 9.55. The third-order valence-corrected chi connectivity index (χ3v) is 7.55. The van der Waals surface area contributed by atoms with Crippen LogP contribution in [0.5, 0.6) is 0 Å². The number of benzene rings is 2. The van der Waals surface area contributed by atoms with Crippen molar-refractivity contribution in [1.82, 2.24) is 19.4 Å². The topological polar surface area (TPSA) is 75.1 Å². The third-order valence-electron chi connectivity index (χ3n) is 6.63. The van der Waals surface area contributed by atoms with Crippen LogP contribution in [0, 0.1) is 12.7 Å². The van der Waals surface area contributed by atoms with Gasteiger partial charge in [-0.25, -0.2) is 14.4 Å². The van der Waals surface area contributed by atoms with E-state index in [0.29, 0.717) is 29.2 Å². The predicted octanol–water partition coefficient (Wildman–Crippen LogP) is 5.44. The minimum absolute atomic E-state index is 0.0906. The maximum absolute atomic E-state index is 13.5. The van der Waals surface area contributed by atoms with Gasteiger partial charge in [0.1, 0.15) is 17.6 Å². The third kappa shape index (κ3) is 5.78. The van der Waals surface area contributed by atoms with Gasteiger partial charge in [0.15, 0.2) is 11.0 Å². The summed E-state index contributed by atoms with van der Waals surface area (Å²) >= 11 is 1.49. The molecule has 1 unspecified atom stereocenters. The van der Waals surface area contributed by atoms with E-state index in [4.69, 9.17) is 4.98 Å². The van der Waals surface area contributed by atoms with Crippen molar-refractivity contribution in [2.24, 2.45) is 0 Å². The molecule has 5 rings (SSSR count). The summed E-state index contributed by atoms with van der Waals surface area (Å²) in [6.07, 6.45) is 2.49. The van der Waals surface area contributed by atoms with Crippen molar-refractivity contribution in [3.8, 4) is 11.5 Å². The Balaban J connectivity index is 1.31. The van der Waals surface area contributed by atoms with Crippen molar-refractivity contribution < 1.29 is 9.18 Å². The first-order chi connectivity index (χ1) is 17.9. The van der Waals surface area contributed by atoms with E-state index in [1.807, 2.05) is 48.9 Å². The number of halogens is 1. The smallest absolute Gasteiger partial charge is 0.247 e. The van der Waals surface area contributed by atoms with Crippen molar-refractivity contribution >= 4 is 29.0 Å². The number of likely N-dealkylation sites (tertiary alicyclic amines) is 1. The van der Waals surface area contributed by atoms with E-state index in [2.05, 4.69) is 33.6 Å². The lowest BCUT2D eigenvalue weighted by Crippen LogP contribution is -2.52. The van der Waals surface area contributed by atoms with Gasteiger partial charge in [-0.1, -0.05) is 36.9 Å². The molecular formula is C28H31FN6OS. The molecule has 37 heavy (non-hydrogen) atoms. The fourth-order valence-electron chi connectivity index (χ4n) is 4.57. The Hall–Kier alpha value is -3.43. The monoisotopic (exact) mass is 518 g/mol. The molecule has 2 aromatic carbocycles. The summed E-state index contributed by atoms with van der Waals surface area (Å²) in [4.78, 5) is 25.1. The quantitative estimate of drug-likeness (QED) is 0.288. The number of anilines is 2. The number of hydrogen-bond acceptors (Lipinski definition) is 6. The molecule has 3 aliphatic heterocycles. The van der Waals surface area contributed by atoms with Crippen LogP contribution in [0.3, 0.4) is 0 Å². The number of hydrogen-bond donors (Lipinski definition) is 2. The zero-order valence-electron chi connectivity index (χ0n) is 21.2. The first-order valence-corrected chi connectivity index (χ1v) is 13.5. The first kappa shape index (κ1) is 25.2. The summed E-state index contributed by atoms with van der Waals surface area (Å²) in [5, 5.41) is 7.32. The van der Waals surface area contributed by atoms with Crippen LogP contribution in [0.15, 0.2) is 66.0 Å². The Morgan fingerprint density at radius 3 is 2.68 bits per heavy atom. The second kappa shape index (κ2) is 10.9. The zero-order chi connectivity index (χ0) is 25.9. The molecule has 7 nitrogen and oxygen atoms in total. The molecule has 3 heterocycles. The molecule has 0 radical (unpaired) electrons. The van der Waals surface area contributed by atoms with E-state index < -0.39 is 6.04 Å². The number of fused-ring (bicyclic) bond motifs is 1. The van der Waals surface area contributed by atoms with Gasteiger partial charge in [0.05, 0.1) is 6.04 Å². The molecule has 192 valence electrons. The van der Waals surface area contributed by atoms with E-state index >= 15 is 0 Å². The van der Waals surface area contributed by atoms with E-state index in [9.17, 15) is 9.18 Å². The van der Waals surface area contributed by atoms with Crippen LogP contribution in [0.25, 0.3) is 11.5 Å². The molecule has 3 aliphatic rings. The normalized spacial score (nSPS) is 14.9. The van der Waals surface area contributed by atoms with E-state index in [-0.39, 0.29) is 11.7 Å². The zero-order valence-corrected chi connectivity index (χ0v) is 22.1. The molecule has 1 amide bonds. The Bertz CT molecular complexity index is 1350. The summed E-state index contributed by atoms with van der Waals surface area (Å²) in [6.45, 7) is 6.02. The lowest BCUT2D eigenvalue weighted by Gasteiger charge is -2.37. The van der Waals surface area contributed by atoms with Gasteiger partial charge in [0, 0.05) is 36.4 Å². The van der Waals surface area contributed by atoms with E-state index in [1.165, 1.54) is 23.9 Å². The number of rotatable bonds is 9. The lowest BCUT2D eigenvalue weighted by molar-refractivity contribution is -0.119. The lowest BCUT2D eigenvalue weighted by atomic mass is 10.1. The fraction of sp³-hybridized carbons (Fsp3) is 0.321. The number of likely N-dealkylation sites (N-methyl/N-ethyl adjacent to an activating group) is 1. The van der Waals surface area contributed by atoms with Crippen LogP contribution in [0.1, 0.15) is 30.5 Å². The molecule has 0 saturated carbocycles. The van der Waals surface area contributed by atoms with Crippen molar-refractivity contribution in [1.29, 1.82) is 0 Å². The summed E-state index contributed by atoms with van der Waals surface area (Å²) in [5.74, 6) is 0.965. The van der Waals surface area contributed by atoms with E-state index in [0.717, 1.165) is 41.3 Å². The van der Waals surface area contributed by atoms with Crippen LogP contribution in [0.2, 0.25) is 0 Å². The van der Waals surface area contributed by atoms with Crippen LogP contribution in [-0.2, 0) is 10.5 Å². The standard InChI is InChI=1S/C28H31FN6OS/c1-4-25(27(36)31-24-14-21(12-7-18(24)2)30-22-15-34(3)16-22)35-13-5-6-23-26(35)33-28(32-23)37-17-19-8-10-20(29)11-9-19/h5-14,22,25,30H,4,15-17H2,1-3H3,(H,31,36). The number of nitrogens with one attached hydrogen (secondary N) is 2. The van der Waals surface area contributed by atoms with E-state index in [1.54, 1.807) is 12.1 Å². The molecular weight excluding hydrogens is 487 g/mol. The summed E-state index contributed by atoms with van der Waals surface area (Å²) in [7, 11) is 2.10. The molecule has 0 aromatic heterocycles. The van der Waals surface area contributed by atoms with Gasteiger partial charge in [-0.05, 0) is 67.9 Å². The Morgan fingerprint density at radius 1 is 1.16 bits per heavy atom. The Kier molecular flexibility index (Phi) is 7.43. The van der Waals surface area contributed by atoms with Crippen LogP contribution in [0.4, 0.5) is 15.8 Å². The highest BCUT2D eigenvalue weighted by molar-refractivity contribution is 7.98. The molecule has 0 aliphatic carbocycles. The molecule has 0 spiro atoms. The highest BCUT2D eigenvalue weighted by Crippen LogP contribution is 2.30. The highest BCUT2D eigenvalue weighted by Gasteiger charge is 2.25. The summed E-state index contributed by atoms with van der Waals surface area (Å²) in [5.41, 5.74) is 4.55. The number of nitrogens with zero attached hydrogens (tertiary/aromatic N) is 4. The average molecular weight is 519 g/mol. The minimum atomic E-state index is -0.438. The van der Waals surface area contributed by atoms with Gasteiger partial charge in [0.2, 0.25) is 5.91 Å². The molecule has 1 saturated heterocycles. The largest absolute Gasteiger partial charge is 0.380 e. The molecule has 2 N–H and O–H groups in total. The maximum atomic E-state index is 13.5. The highest BCUT2D eigenvalue weighted by atomic mass is 32.2. The number of carbonyl (C=O) groups excluding carboxylic acids is 1. The SMILES string of the molecule is CCC(C(=O)Nc1cc(NC2CN(C)C2)ccc1C)n1cccc2nc(SCc3ccc(F)cc3)nc1-2. The van der Waals surface area contributed by atoms with Crippen LogP contribution < -0.4 is 10.6 Å². The van der Waals surface area contributed by atoms with Gasteiger partial charge < -0.3 is 20.1 Å². The average Bonchev–Trinajstić information content (AvgIpc) is 3.29. The predicted molar refractivity (Wildman–Crippen MR) is 147 cm³/mol. The number of pyridine rings is 1. The van der Waals surface area contributed by atoms with Crippen LogP contribution in [-0.4, -0.2) is 51.5 Å². The Morgan fingerprint density at radius 2 is 1.95 bits per heavy atom. The number of aromatic nitrogens is 3. The summed E-state index contributed by atoms with van der Waals surface area (Å²) in [6, 6.07) is 16.3. The van der Waals surface area contributed by atoms with Crippen molar-refractivity contribution in [2.75, 3.05) is 30.8 Å². The van der Waals surface area contributed by atoms with Gasteiger partial charge in [-0.15, -0.1) is 0 Å². The molecule has 0 bridgehead atoms.